The number of aliphatic hydroxyl groups is 30. The first-order valence-electron chi connectivity index (χ1n) is 31.1. The van der Waals surface area contributed by atoms with Gasteiger partial charge in [0.05, 0.1) is 65.1 Å². The monoisotopic (exact) mass is 1450 g/mol. The van der Waals surface area contributed by atoms with Gasteiger partial charge in [0.1, 0.15) is 195 Å². The van der Waals surface area contributed by atoms with Crippen LogP contribution in [-0.2, 0) is 66.3 Å². The van der Waals surface area contributed by atoms with Gasteiger partial charge < -0.3 is 220 Å². The lowest BCUT2D eigenvalue weighted by Crippen LogP contribution is -2.64. The zero-order valence-corrected chi connectivity index (χ0v) is 53.0. The molecule has 98 heavy (non-hydrogen) atoms. The van der Waals surface area contributed by atoms with Crippen LogP contribution in [0.5, 0.6) is 0 Å². The summed E-state index contributed by atoms with van der Waals surface area (Å²) in [6, 6.07) is 0. The van der Waals surface area contributed by atoms with Crippen molar-refractivity contribution in [1.29, 1.82) is 0 Å². The molecule has 0 spiro atoms. The van der Waals surface area contributed by atoms with E-state index in [1.165, 1.54) is 0 Å². The molecule has 8 aliphatic heterocycles. The molecule has 44 nitrogen and oxygen atoms in total. The molecule has 0 saturated carbocycles. The normalized spacial score (nSPS) is 49.3. The summed E-state index contributed by atoms with van der Waals surface area (Å²) in [6.45, 7) is 1.63. The largest absolute Gasteiger partial charge is 0.394 e. The average Bonchev–Trinajstić information content (AvgIpc) is 0.802. The number of aliphatic hydroxyl groups excluding tert-OH is 30. The topological polar surface area (TPSA) is 736 Å². The van der Waals surface area contributed by atoms with Gasteiger partial charge in [0.2, 0.25) is 0 Å². The van der Waals surface area contributed by atoms with Crippen molar-refractivity contribution in [3.63, 3.8) is 0 Å². The number of hydrogen-bond acceptors (Lipinski definition) is 44. The van der Waals surface area contributed by atoms with E-state index in [4.69, 9.17) is 76.5 Å². The summed E-state index contributed by atoms with van der Waals surface area (Å²) >= 11 is 0. The lowest BCUT2D eigenvalue weighted by atomic mass is 9.97. The SMILES string of the molecule is CC(C)OC1OC(CO)C(OC2OC(CO)C(O)C(O)C2O)C(O)C1O.CC(C)O[C@@H]1OC(CO)[C@H](O[C@@H]2OC(CO)[C@H](O)[C@@H](O)C2O)[C@@H](O)C1O.OCC1OC(OC2C(CO)OC(O)C(O)C2O)C(O)C(O)C1O.OCC1O[C@@H](O[C@H]2C(CO)O[C@@H](O)C(O)[C@@H]2O)C(O)[C@H](O)[C@H]1O. The van der Waals surface area contributed by atoms with Crippen LogP contribution in [0.25, 0.3) is 0 Å². The molecule has 28 unspecified atom stereocenters. The Morgan fingerprint density at radius 3 is 0.571 bits per heavy atom. The van der Waals surface area contributed by atoms with Gasteiger partial charge in [-0.1, -0.05) is 0 Å². The molecule has 40 atom stereocenters. The Morgan fingerprint density at radius 2 is 0.378 bits per heavy atom. The minimum Gasteiger partial charge on any atom is -0.394 e. The van der Waals surface area contributed by atoms with E-state index in [0.717, 1.165) is 0 Å². The smallest absolute Gasteiger partial charge is 0.187 e. The molecule has 8 fully saturated rings. The Balaban J connectivity index is 0.000000236. The molecule has 8 saturated heterocycles. The Hall–Kier alpha value is -1.76. The van der Waals surface area contributed by atoms with Gasteiger partial charge in [0.25, 0.3) is 0 Å². The van der Waals surface area contributed by atoms with Gasteiger partial charge in [-0.3, -0.25) is 0 Å². The van der Waals surface area contributed by atoms with Crippen molar-refractivity contribution in [3.8, 4) is 0 Å². The molecule has 8 heterocycles. The van der Waals surface area contributed by atoms with Crippen LogP contribution >= 0.6 is 0 Å². The highest BCUT2D eigenvalue weighted by Gasteiger charge is 2.56. The van der Waals surface area contributed by atoms with Gasteiger partial charge >= 0.3 is 0 Å². The van der Waals surface area contributed by atoms with Gasteiger partial charge in [-0.25, -0.2) is 0 Å². The summed E-state index contributed by atoms with van der Waals surface area (Å²) in [5.41, 5.74) is 0. The fraction of sp³-hybridized carbons (Fsp3) is 1.00. The van der Waals surface area contributed by atoms with E-state index < -0.39 is 299 Å². The molecular weight excluding hydrogens is 1350 g/mol. The molecule has 8 rings (SSSR count). The Kier molecular flexibility index (Phi) is 35.1. The standard InChI is InChI=1S/2C15H28O11.2C12H22O11/c2*1-5(2)23-14-12(22)10(20)13(7(4-17)25-14)26-15-11(21)9(19)8(18)6(3-16)24-15;2*13-1-3-5(15)6(16)9(19)12(22-3)23-10-4(2-14)21-11(20)8(18)7(10)17/h2*5-22H,3-4H2,1-2H3;2*3-20H,1-2H2/t6?,7?,8-,9+,10-,11?,12?,13-,14+,15-;;3?,4?,5-,6+,7-,8?,9?,10-,11+,12-;/m0.0./s1. The Labute approximate surface area is 556 Å². The minimum absolute atomic E-state index is 0.316. The minimum atomic E-state index is -1.74. The van der Waals surface area contributed by atoms with Gasteiger partial charge in [0.15, 0.2) is 50.3 Å². The second-order valence-corrected chi connectivity index (χ2v) is 24.4. The second-order valence-electron chi connectivity index (χ2n) is 24.4. The lowest BCUT2D eigenvalue weighted by Gasteiger charge is -2.46. The molecule has 0 aromatic rings. The van der Waals surface area contributed by atoms with Gasteiger partial charge in [-0.2, -0.15) is 0 Å². The quantitative estimate of drug-likeness (QED) is 0.0538. The van der Waals surface area contributed by atoms with Crippen LogP contribution in [0.4, 0.5) is 0 Å². The van der Waals surface area contributed by atoms with Crippen LogP contribution in [0.1, 0.15) is 27.7 Å². The Morgan fingerprint density at radius 1 is 0.204 bits per heavy atom. The molecule has 580 valence electrons. The molecule has 0 aromatic carbocycles. The first-order chi connectivity index (χ1) is 46.0. The summed E-state index contributed by atoms with van der Waals surface area (Å²) in [5, 5.41) is 291. The maximum Gasteiger partial charge on any atom is 0.187 e. The van der Waals surface area contributed by atoms with Crippen molar-refractivity contribution in [2.24, 2.45) is 0 Å². The molecule has 30 N–H and O–H groups in total. The zero-order valence-electron chi connectivity index (χ0n) is 53.0. The third kappa shape index (κ3) is 20.8. The van der Waals surface area contributed by atoms with E-state index in [9.17, 15) is 143 Å². The molecule has 0 aromatic heterocycles. The molecule has 0 radical (unpaired) electrons. The van der Waals surface area contributed by atoms with Crippen LogP contribution in [0, 0.1) is 0 Å². The predicted molar refractivity (Wildman–Crippen MR) is 302 cm³/mol. The van der Waals surface area contributed by atoms with E-state index in [2.05, 4.69) is 0 Å². The fourth-order valence-corrected chi connectivity index (χ4v) is 11.0. The van der Waals surface area contributed by atoms with Crippen molar-refractivity contribution in [3.05, 3.63) is 0 Å². The second kappa shape index (κ2) is 39.6. The highest BCUT2D eigenvalue weighted by atomic mass is 16.8. The maximum absolute atomic E-state index is 10.3. The van der Waals surface area contributed by atoms with Gasteiger partial charge in [-0.15, -0.1) is 0 Å². The summed E-state index contributed by atoms with van der Waals surface area (Å²) in [4.78, 5) is 0. The number of hydrogen-bond donors (Lipinski definition) is 30. The summed E-state index contributed by atoms with van der Waals surface area (Å²) < 4.78 is 73.3. The summed E-state index contributed by atoms with van der Waals surface area (Å²) in [7, 11) is 0. The highest BCUT2D eigenvalue weighted by Crippen LogP contribution is 2.35. The molecule has 44 heteroatoms. The third-order valence-corrected chi connectivity index (χ3v) is 16.7. The predicted octanol–water partition coefficient (Wildman–Crippen LogP) is -18.7. The average molecular weight is 1450 g/mol. The van der Waals surface area contributed by atoms with Gasteiger partial charge in [-0.05, 0) is 27.7 Å². The summed E-state index contributed by atoms with van der Waals surface area (Å²) in [5.74, 6) is 0. The van der Waals surface area contributed by atoms with Crippen LogP contribution in [-0.4, -0.2) is 464 Å². The van der Waals surface area contributed by atoms with E-state index >= 15 is 0 Å². The van der Waals surface area contributed by atoms with Crippen LogP contribution in [0.15, 0.2) is 0 Å². The van der Waals surface area contributed by atoms with Crippen LogP contribution < -0.4 is 0 Å². The number of ether oxygens (including phenoxy) is 14. The van der Waals surface area contributed by atoms with Crippen molar-refractivity contribution in [1.82, 2.24) is 0 Å². The molecule has 8 aliphatic rings. The van der Waals surface area contributed by atoms with E-state index in [-0.39, 0.29) is 12.2 Å². The fourth-order valence-electron chi connectivity index (χ4n) is 11.0. The molecule has 0 amide bonds. The number of rotatable bonds is 20. The molecule has 0 aliphatic carbocycles. The molecule has 0 bridgehead atoms. The van der Waals surface area contributed by atoms with Crippen LogP contribution in [0.3, 0.4) is 0 Å². The summed E-state index contributed by atoms with van der Waals surface area (Å²) in [6.07, 6.45) is -60.5. The first kappa shape index (κ1) is 86.9. The van der Waals surface area contributed by atoms with Gasteiger partial charge in [0, 0.05) is 0 Å². The maximum atomic E-state index is 10.3. The van der Waals surface area contributed by atoms with Crippen molar-refractivity contribution < 1.29 is 220 Å². The lowest BCUT2D eigenvalue weighted by molar-refractivity contribution is -0.361. The van der Waals surface area contributed by atoms with E-state index in [0.29, 0.717) is 0 Å². The molecular formula is C54H100O44. The Bertz CT molecular complexity index is 2060. The first-order valence-corrected chi connectivity index (χ1v) is 31.1. The van der Waals surface area contributed by atoms with E-state index in [1.807, 2.05) is 0 Å². The van der Waals surface area contributed by atoms with Crippen LogP contribution in [0.2, 0.25) is 0 Å². The zero-order chi connectivity index (χ0) is 73.8. The highest BCUT2D eigenvalue weighted by molar-refractivity contribution is 4.99. The van der Waals surface area contributed by atoms with Crippen molar-refractivity contribution in [2.45, 2.75) is 286 Å². The third-order valence-electron chi connectivity index (χ3n) is 16.7. The van der Waals surface area contributed by atoms with Crippen molar-refractivity contribution >= 4 is 0 Å². The van der Waals surface area contributed by atoms with E-state index in [1.54, 1.807) is 27.7 Å². The van der Waals surface area contributed by atoms with Crippen molar-refractivity contribution in [2.75, 3.05) is 52.9 Å².